The van der Waals surface area contributed by atoms with Crippen LogP contribution < -0.4 is 10.1 Å². The molecule has 0 aliphatic rings. The van der Waals surface area contributed by atoms with Crippen molar-refractivity contribution >= 4 is 23.2 Å². The first-order chi connectivity index (χ1) is 15.0. The van der Waals surface area contributed by atoms with Crippen LogP contribution in [0.1, 0.15) is 27.2 Å². The van der Waals surface area contributed by atoms with Crippen molar-refractivity contribution in [2.75, 3.05) is 13.7 Å². The maximum Gasteiger partial charge on any atom is 0.254 e. The van der Waals surface area contributed by atoms with Crippen LogP contribution in [0.25, 0.3) is 0 Å². The van der Waals surface area contributed by atoms with Gasteiger partial charge in [0, 0.05) is 36.0 Å². The molecule has 0 radical (unpaired) electrons. The van der Waals surface area contributed by atoms with E-state index in [-0.39, 0.29) is 24.4 Å². The van der Waals surface area contributed by atoms with Crippen LogP contribution in [0, 0.1) is 11.6 Å². The van der Waals surface area contributed by atoms with Gasteiger partial charge in [-0.05, 0) is 29.6 Å². The average Bonchev–Trinajstić information content (AvgIpc) is 3.26. The highest BCUT2D eigenvalue weighted by Gasteiger charge is 2.18. The molecule has 1 aromatic heterocycles. The molecule has 0 aliphatic carbocycles. The van der Waals surface area contributed by atoms with Crippen molar-refractivity contribution in [1.82, 2.24) is 10.2 Å². The monoisotopic (exact) mass is 444 g/mol. The van der Waals surface area contributed by atoms with Crippen molar-refractivity contribution in [2.45, 2.75) is 19.5 Å². The number of halogens is 2. The smallest absolute Gasteiger partial charge is 0.254 e. The lowest BCUT2D eigenvalue weighted by Crippen LogP contribution is -2.34. The zero-order valence-corrected chi connectivity index (χ0v) is 17.8. The Morgan fingerprint density at radius 3 is 2.58 bits per heavy atom. The zero-order chi connectivity index (χ0) is 22.2. The van der Waals surface area contributed by atoms with Crippen molar-refractivity contribution in [2.24, 2.45) is 0 Å². The number of hydrogen-bond donors (Lipinski definition) is 1. The van der Waals surface area contributed by atoms with Crippen molar-refractivity contribution in [3.63, 3.8) is 0 Å². The summed E-state index contributed by atoms with van der Waals surface area (Å²) in [5.74, 6) is -1.88. The molecule has 0 saturated heterocycles. The van der Waals surface area contributed by atoms with Gasteiger partial charge in [-0.15, -0.1) is 11.3 Å². The van der Waals surface area contributed by atoms with Crippen LogP contribution in [-0.2, 0) is 17.9 Å². The summed E-state index contributed by atoms with van der Waals surface area (Å²) in [5.41, 5.74) is 0.602. The van der Waals surface area contributed by atoms with E-state index in [1.54, 1.807) is 23.3 Å². The number of carbonyl (C=O) groups is 2. The van der Waals surface area contributed by atoms with Crippen LogP contribution >= 0.6 is 11.3 Å². The molecule has 31 heavy (non-hydrogen) atoms. The van der Waals surface area contributed by atoms with E-state index in [1.165, 1.54) is 0 Å². The number of amides is 2. The Bertz CT molecular complexity index is 1040. The molecule has 0 aliphatic heterocycles. The van der Waals surface area contributed by atoms with E-state index in [9.17, 15) is 18.4 Å². The largest absolute Gasteiger partial charge is 0.496 e. The summed E-state index contributed by atoms with van der Waals surface area (Å²) in [5, 5.41) is 4.46. The van der Waals surface area contributed by atoms with Gasteiger partial charge < -0.3 is 15.0 Å². The van der Waals surface area contributed by atoms with E-state index in [4.69, 9.17) is 4.74 Å². The SMILES string of the molecule is COc1ccccc1CN(Cc1cccs1)C(=O)CCNC(=O)c1ccc(F)cc1F. The number of hydrogen-bond acceptors (Lipinski definition) is 4. The molecule has 162 valence electrons. The molecule has 2 amide bonds. The van der Waals surface area contributed by atoms with Gasteiger partial charge in [-0.1, -0.05) is 24.3 Å². The van der Waals surface area contributed by atoms with E-state index in [0.717, 1.165) is 22.6 Å². The number of para-hydroxylation sites is 1. The Balaban J connectivity index is 1.64. The summed E-state index contributed by atoms with van der Waals surface area (Å²) in [6.45, 7) is 0.803. The van der Waals surface area contributed by atoms with E-state index in [0.29, 0.717) is 24.9 Å². The molecule has 8 heteroatoms. The van der Waals surface area contributed by atoms with E-state index >= 15 is 0 Å². The molecular formula is C23H22F2N2O3S. The van der Waals surface area contributed by atoms with Gasteiger partial charge in [0.15, 0.2) is 0 Å². The standard InChI is InChI=1S/C23H22F2N2O3S/c1-30-21-7-3-2-5-16(21)14-27(15-18-6-4-12-31-18)22(28)10-11-26-23(29)19-9-8-17(24)13-20(19)25/h2-9,12-13H,10-11,14-15H2,1H3,(H,26,29). The Labute approximate surface area is 183 Å². The molecule has 0 spiro atoms. The van der Waals surface area contributed by atoms with Crippen LogP contribution in [0.2, 0.25) is 0 Å². The maximum atomic E-state index is 13.8. The number of methoxy groups -OCH3 is 1. The number of ether oxygens (including phenoxy) is 1. The number of thiophene rings is 1. The lowest BCUT2D eigenvalue weighted by atomic mass is 10.1. The van der Waals surface area contributed by atoms with Gasteiger partial charge >= 0.3 is 0 Å². The van der Waals surface area contributed by atoms with Gasteiger partial charge in [-0.3, -0.25) is 9.59 Å². The second-order valence-corrected chi connectivity index (χ2v) is 7.80. The Kier molecular flexibility index (Phi) is 7.72. The first-order valence-electron chi connectivity index (χ1n) is 9.63. The fourth-order valence-electron chi connectivity index (χ4n) is 3.07. The number of rotatable bonds is 9. The van der Waals surface area contributed by atoms with Gasteiger partial charge in [0.25, 0.3) is 5.91 Å². The van der Waals surface area contributed by atoms with Gasteiger partial charge in [0.2, 0.25) is 5.91 Å². The highest BCUT2D eigenvalue weighted by Crippen LogP contribution is 2.22. The van der Waals surface area contributed by atoms with Crippen LogP contribution in [0.15, 0.2) is 60.0 Å². The third-order valence-electron chi connectivity index (χ3n) is 4.63. The fourth-order valence-corrected chi connectivity index (χ4v) is 3.79. The first-order valence-corrected chi connectivity index (χ1v) is 10.5. The van der Waals surface area contributed by atoms with Gasteiger partial charge in [-0.25, -0.2) is 8.78 Å². The Morgan fingerprint density at radius 2 is 1.87 bits per heavy atom. The second kappa shape index (κ2) is 10.7. The Morgan fingerprint density at radius 1 is 1.06 bits per heavy atom. The molecule has 2 aromatic carbocycles. The van der Waals surface area contributed by atoms with Gasteiger partial charge in [0.05, 0.1) is 19.2 Å². The molecule has 0 fully saturated rings. The lowest BCUT2D eigenvalue weighted by molar-refractivity contribution is -0.132. The summed E-state index contributed by atoms with van der Waals surface area (Å²) >= 11 is 1.55. The second-order valence-electron chi connectivity index (χ2n) is 6.77. The molecule has 0 saturated carbocycles. The first kappa shape index (κ1) is 22.4. The lowest BCUT2D eigenvalue weighted by Gasteiger charge is -2.23. The summed E-state index contributed by atoms with van der Waals surface area (Å²) in [7, 11) is 1.58. The van der Waals surface area contributed by atoms with Gasteiger partial charge in [0.1, 0.15) is 17.4 Å². The van der Waals surface area contributed by atoms with Crippen molar-refractivity contribution in [3.05, 3.63) is 87.6 Å². The molecule has 3 aromatic rings. The third kappa shape index (κ3) is 6.11. The van der Waals surface area contributed by atoms with Crippen molar-refractivity contribution < 1.29 is 23.1 Å². The number of nitrogens with one attached hydrogen (secondary N) is 1. The van der Waals surface area contributed by atoms with E-state index in [1.807, 2.05) is 41.8 Å². The van der Waals surface area contributed by atoms with Crippen LogP contribution in [0.3, 0.4) is 0 Å². The van der Waals surface area contributed by atoms with Crippen LogP contribution in [-0.4, -0.2) is 30.4 Å². The van der Waals surface area contributed by atoms with E-state index < -0.39 is 17.5 Å². The highest BCUT2D eigenvalue weighted by atomic mass is 32.1. The number of carbonyl (C=O) groups excluding carboxylic acids is 2. The molecule has 0 unspecified atom stereocenters. The summed E-state index contributed by atoms with van der Waals surface area (Å²) in [6, 6.07) is 14.1. The molecule has 0 bridgehead atoms. The van der Waals surface area contributed by atoms with Gasteiger partial charge in [-0.2, -0.15) is 0 Å². The summed E-state index contributed by atoms with van der Waals surface area (Å²) in [4.78, 5) is 27.8. The number of nitrogens with zero attached hydrogens (tertiary/aromatic N) is 1. The molecule has 3 rings (SSSR count). The van der Waals surface area contributed by atoms with Crippen LogP contribution in [0.5, 0.6) is 5.75 Å². The van der Waals surface area contributed by atoms with Crippen molar-refractivity contribution in [1.29, 1.82) is 0 Å². The predicted octanol–water partition coefficient (Wildman–Crippen LogP) is 4.38. The molecule has 1 heterocycles. The quantitative estimate of drug-likeness (QED) is 0.533. The molecular weight excluding hydrogens is 422 g/mol. The van der Waals surface area contributed by atoms with Crippen molar-refractivity contribution in [3.8, 4) is 5.75 Å². The fraction of sp³-hybridized carbons (Fsp3) is 0.217. The average molecular weight is 445 g/mol. The minimum Gasteiger partial charge on any atom is -0.496 e. The number of benzene rings is 2. The molecule has 0 atom stereocenters. The normalized spacial score (nSPS) is 10.5. The molecule has 5 nitrogen and oxygen atoms in total. The minimum atomic E-state index is -0.945. The minimum absolute atomic E-state index is 0.0291. The predicted molar refractivity (Wildman–Crippen MR) is 115 cm³/mol. The summed E-state index contributed by atoms with van der Waals surface area (Å²) < 4.78 is 32.2. The van der Waals surface area contributed by atoms with E-state index in [2.05, 4.69) is 5.32 Å². The van der Waals surface area contributed by atoms with Crippen LogP contribution in [0.4, 0.5) is 8.78 Å². The maximum absolute atomic E-state index is 13.8. The topological polar surface area (TPSA) is 58.6 Å². The molecule has 1 N–H and O–H groups in total. The Hall–Kier alpha value is -3.26. The summed E-state index contributed by atoms with van der Waals surface area (Å²) in [6.07, 6.45) is 0.0368. The third-order valence-corrected chi connectivity index (χ3v) is 5.49. The zero-order valence-electron chi connectivity index (χ0n) is 16.9. The highest BCUT2D eigenvalue weighted by molar-refractivity contribution is 7.09.